The number of pyridine rings is 1. The molecule has 0 saturated carbocycles. The van der Waals surface area contributed by atoms with Crippen molar-refractivity contribution in [1.29, 1.82) is 0 Å². The van der Waals surface area contributed by atoms with Crippen molar-refractivity contribution in [2.75, 3.05) is 44.7 Å². The van der Waals surface area contributed by atoms with Crippen molar-refractivity contribution in [2.24, 2.45) is 0 Å². The Balaban J connectivity index is 1.35. The molecule has 1 saturated heterocycles. The van der Waals surface area contributed by atoms with Crippen LogP contribution >= 0.6 is 0 Å². The van der Waals surface area contributed by atoms with Crippen LogP contribution in [0, 0.1) is 0 Å². The summed E-state index contributed by atoms with van der Waals surface area (Å²) in [4.78, 5) is 29.4. The van der Waals surface area contributed by atoms with Gasteiger partial charge >= 0.3 is 0 Å². The molecule has 0 bridgehead atoms. The number of rotatable bonds is 6. The van der Waals surface area contributed by atoms with Gasteiger partial charge in [0.2, 0.25) is 11.8 Å². The molecule has 3 aromatic rings. The van der Waals surface area contributed by atoms with E-state index in [-0.39, 0.29) is 5.56 Å². The summed E-state index contributed by atoms with van der Waals surface area (Å²) in [5.41, 5.74) is 1.62. The second-order valence-electron chi connectivity index (χ2n) is 6.74. The van der Waals surface area contributed by atoms with Crippen LogP contribution in [-0.2, 0) is 6.54 Å². The van der Waals surface area contributed by atoms with Crippen LogP contribution in [0.5, 0.6) is 5.88 Å². The number of ether oxygens (including phenoxy) is 1. The number of anilines is 1. The number of hydrogen-bond acceptors (Lipinski definition) is 8. The van der Waals surface area contributed by atoms with E-state index >= 15 is 0 Å². The highest BCUT2D eigenvalue weighted by Crippen LogP contribution is 2.15. The molecule has 9 heteroatoms. The van der Waals surface area contributed by atoms with Crippen molar-refractivity contribution in [1.82, 2.24) is 29.6 Å². The summed E-state index contributed by atoms with van der Waals surface area (Å²) in [6, 6.07) is 8.83. The molecule has 0 aliphatic carbocycles. The topological polar surface area (TPSA) is 89.3 Å². The summed E-state index contributed by atoms with van der Waals surface area (Å²) in [6.07, 6.45) is 5.15. The highest BCUT2D eigenvalue weighted by atomic mass is 16.5. The van der Waals surface area contributed by atoms with E-state index in [1.54, 1.807) is 43.9 Å². The zero-order chi connectivity index (χ0) is 20.1. The van der Waals surface area contributed by atoms with E-state index in [0.717, 1.165) is 44.0 Å². The van der Waals surface area contributed by atoms with Crippen molar-refractivity contribution < 1.29 is 4.74 Å². The first-order chi connectivity index (χ1) is 14.2. The van der Waals surface area contributed by atoms with Gasteiger partial charge in [-0.25, -0.2) is 9.67 Å². The van der Waals surface area contributed by atoms with E-state index in [1.165, 1.54) is 4.68 Å². The molecule has 29 heavy (non-hydrogen) atoms. The van der Waals surface area contributed by atoms with Crippen LogP contribution in [0.3, 0.4) is 0 Å². The van der Waals surface area contributed by atoms with Gasteiger partial charge in [-0.3, -0.25) is 14.7 Å². The summed E-state index contributed by atoms with van der Waals surface area (Å²) in [6.45, 7) is 4.71. The normalized spacial score (nSPS) is 14.7. The zero-order valence-corrected chi connectivity index (χ0v) is 16.3. The van der Waals surface area contributed by atoms with E-state index < -0.39 is 0 Å². The third kappa shape index (κ3) is 4.57. The maximum absolute atomic E-state index is 12.2. The summed E-state index contributed by atoms with van der Waals surface area (Å²) < 4.78 is 6.71. The van der Waals surface area contributed by atoms with Gasteiger partial charge < -0.3 is 9.64 Å². The summed E-state index contributed by atoms with van der Waals surface area (Å²) >= 11 is 0. The predicted octanol–water partition coefficient (Wildman–Crippen LogP) is 0.926. The van der Waals surface area contributed by atoms with Crippen LogP contribution in [0.15, 0.2) is 53.7 Å². The summed E-state index contributed by atoms with van der Waals surface area (Å²) in [5, 5.41) is 4.51. The first-order valence-corrected chi connectivity index (χ1v) is 9.56. The number of methoxy groups -OCH3 is 1. The van der Waals surface area contributed by atoms with Gasteiger partial charge in [0.05, 0.1) is 19.3 Å². The smallest absolute Gasteiger partial charge is 0.266 e. The largest absolute Gasteiger partial charge is 0.481 e. The predicted molar refractivity (Wildman–Crippen MR) is 109 cm³/mol. The molecular formula is C20H23N7O2. The van der Waals surface area contributed by atoms with Gasteiger partial charge in [0.15, 0.2) is 0 Å². The Kier molecular flexibility index (Phi) is 5.76. The number of nitrogens with zero attached hydrogens (tertiary/aromatic N) is 7. The van der Waals surface area contributed by atoms with Gasteiger partial charge in [-0.2, -0.15) is 10.1 Å². The van der Waals surface area contributed by atoms with E-state index in [0.29, 0.717) is 18.4 Å². The Bertz CT molecular complexity index is 1000. The molecule has 1 aliphatic heterocycles. The lowest BCUT2D eigenvalue weighted by Gasteiger charge is -2.34. The molecule has 9 nitrogen and oxygen atoms in total. The van der Waals surface area contributed by atoms with Crippen molar-refractivity contribution in [3.05, 3.63) is 59.3 Å². The Morgan fingerprint density at radius 3 is 2.52 bits per heavy atom. The molecule has 0 atom stereocenters. The molecule has 0 N–H and O–H groups in total. The summed E-state index contributed by atoms with van der Waals surface area (Å²) in [5.74, 6) is 1.25. The quantitative estimate of drug-likeness (QED) is 0.611. The van der Waals surface area contributed by atoms with Gasteiger partial charge in [0.25, 0.3) is 5.56 Å². The minimum atomic E-state index is -0.0915. The molecule has 4 heterocycles. The van der Waals surface area contributed by atoms with Crippen molar-refractivity contribution >= 4 is 5.95 Å². The molecule has 1 fully saturated rings. The van der Waals surface area contributed by atoms with Crippen molar-refractivity contribution in [3.8, 4) is 17.1 Å². The standard InChI is InChI=1S/C20H23N7O2/c1-29-18-6-9-22-20(23-18)26-13-10-25(11-14-26)12-15-27-19(28)3-2-17(24-27)16-4-7-21-8-5-16/h2-9H,10-15H2,1H3. The van der Waals surface area contributed by atoms with Crippen LogP contribution in [-0.4, -0.2) is 69.5 Å². The van der Waals surface area contributed by atoms with E-state index in [2.05, 4.69) is 29.9 Å². The molecule has 0 aromatic carbocycles. The number of aromatic nitrogens is 5. The third-order valence-electron chi connectivity index (χ3n) is 4.95. The van der Waals surface area contributed by atoms with Crippen LogP contribution in [0.2, 0.25) is 0 Å². The van der Waals surface area contributed by atoms with E-state index in [1.807, 2.05) is 12.1 Å². The van der Waals surface area contributed by atoms with Crippen LogP contribution in [0.1, 0.15) is 0 Å². The molecule has 4 rings (SSSR count). The molecular weight excluding hydrogens is 370 g/mol. The lowest BCUT2D eigenvalue weighted by Crippen LogP contribution is -2.48. The van der Waals surface area contributed by atoms with Gasteiger partial charge in [-0.15, -0.1) is 0 Å². The first-order valence-electron chi connectivity index (χ1n) is 9.56. The van der Waals surface area contributed by atoms with Crippen LogP contribution < -0.4 is 15.2 Å². The SMILES string of the molecule is COc1ccnc(N2CCN(CCn3nc(-c4ccncc4)ccc3=O)CC2)n1. The molecule has 150 valence electrons. The minimum absolute atomic E-state index is 0.0915. The van der Waals surface area contributed by atoms with Gasteiger partial charge in [-0.1, -0.05) is 0 Å². The molecule has 0 spiro atoms. The maximum atomic E-state index is 12.2. The van der Waals surface area contributed by atoms with Crippen molar-refractivity contribution in [2.45, 2.75) is 6.54 Å². The van der Waals surface area contributed by atoms with Crippen molar-refractivity contribution in [3.63, 3.8) is 0 Å². The summed E-state index contributed by atoms with van der Waals surface area (Å²) in [7, 11) is 1.60. The molecule has 3 aromatic heterocycles. The lowest BCUT2D eigenvalue weighted by molar-refractivity contribution is 0.241. The third-order valence-corrected chi connectivity index (χ3v) is 4.95. The Morgan fingerprint density at radius 1 is 0.966 bits per heavy atom. The lowest BCUT2D eigenvalue weighted by atomic mass is 10.2. The van der Waals surface area contributed by atoms with Crippen LogP contribution in [0.25, 0.3) is 11.3 Å². The fourth-order valence-corrected chi connectivity index (χ4v) is 3.29. The highest BCUT2D eigenvalue weighted by Gasteiger charge is 2.19. The average molecular weight is 393 g/mol. The molecule has 0 amide bonds. The van der Waals surface area contributed by atoms with E-state index in [4.69, 9.17) is 4.74 Å². The van der Waals surface area contributed by atoms with E-state index in [9.17, 15) is 4.79 Å². The minimum Gasteiger partial charge on any atom is -0.481 e. The second kappa shape index (κ2) is 8.78. The number of hydrogen-bond donors (Lipinski definition) is 0. The Morgan fingerprint density at radius 2 is 1.76 bits per heavy atom. The van der Waals surface area contributed by atoms with Gasteiger partial charge in [-0.05, 0) is 18.2 Å². The zero-order valence-electron chi connectivity index (χ0n) is 16.3. The van der Waals surface area contributed by atoms with Crippen LogP contribution in [0.4, 0.5) is 5.95 Å². The maximum Gasteiger partial charge on any atom is 0.266 e. The first kappa shape index (κ1) is 19.0. The average Bonchev–Trinajstić information content (AvgIpc) is 2.79. The van der Waals surface area contributed by atoms with Gasteiger partial charge in [0, 0.05) is 69.0 Å². The number of piperazine rings is 1. The fourth-order valence-electron chi connectivity index (χ4n) is 3.29. The Hall–Kier alpha value is -3.33. The highest BCUT2D eigenvalue weighted by molar-refractivity contribution is 5.56. The van der Waals surface area contributed by atoms with Gasteiger partial charge in [0.1, 0.15) is 0 Å². The Labute approximate surface area is 168 Å². The fraction of sp³-hybridized carbons (Fsp3) is 0.350. The molecule has 1 aliphatic rings. The molecule has 0 unspecified atom stereocenters. The molecule has 0 radical (unpaired) electrons. The second-order valence-corrected chi connectivity index (χ2v) is 6.74. The monoisotopic (exact) mass is 393 g/mol.